The molecule has 1 amide bonds. The van der Waals surface area contributed by atoms with Gasteiger partial charge < -0.3 is 9.47 Å². The first kappa shape index (κ1) is 22.4. The Morgan fingerprint density at radius 3 is 2.00 bits per heavy atom. The van der Waals surface area contributed by atoms with Crippen molar-refractivity contribution in [1.29, 1.82) is 0 Å². The molecule has 0 aliphatic carbocycles. The van der Waals surface area contributed by atoms with Gasteiger partial charge >= 0.3 is 0 Å². The number of hydrogen-bond donors (Lipinski definition) is 0. The van der Waals surface area contributed by atoms with E-state index in [1.165, 1.54) is 12.1 Å². The van der Waals surface area contributed by atoms with Crippen LogP contribution in [0.2, 0.25) is 0 Å². The standard InChI is InChI=1S/C24H25NO5S/c1-2-29-22-17-15-20(16-18-22)25(31(27,28)23-12-7-4-8-13-23)24(26)14-9-19-30-21-10-5-3-6-11-21/h3-8,10-13,15-18H,2,9,14,19H2,1H3. The fourth-order valence-corrected chi connectivity index (χ4v) is 4.46. The molecule has 7 heteroatoms. The molecule has 0 saturated carbocycles. The molecule has 0 saturated heterocycles. The van der Waals surface area contributed by atoms with E-state index in [2.05, 4.69) is 0 Å². The highest BCUT2D eigenvalue weighted by atomic mass is 32.2. The normalized spacial score (nSPS) is 11.0. The third-order valence-electron chi connectivity index (χ3n) is 4.44. The molecule has 3 aromatic carbocycles. The van der Waals surface area contributed by atoms with Gasteiger partial charge in [0.2, 0.25) is 5.91 Å². The molecule has 0 aromatic heterocycles. The van der Waals surface area contributed by atoms with Crippen molar-refractivity contribution in [2.75, 3.05) is 17.5 Å². The van der Waals surface area contributed by atoms with E-state index in [9.17, 15) is 13.2 Å². The first-order valence-corrected chi connectivity index (χ1v) is 11.5. The van der Waals surface area contributed by atoms with Crippen LogP contribution in [0, 0.1) is 0 Å². The maximum atomic E-state index is 13.3. The minimum Gasteiger partial charge on any atom is -0.494 e. The number of ether oxygens (including phenoxy) is 2. The molecule has 0 radical (unpaired) electrons. The summed E-state index contributed by atoms with van der Waals surface area (Å²) in [5.41, 5.74) is 0.265. The molecular weight excluding hydrogens is 414 g/mol. The number of sulfonamides is 1. The zero-order valence-corrected chi connectivity index (χ0v) is 18.1. The zero-order valence-electron chi connectivity index (χ0n) is 17.3. The van der Waals surface area contributed by atoms with Crippen molar-refractivity contribution >= 4 is 21.6 Å². The minimum atomic E-state index is -4.07. The minimum absolute atomic E-state index is 0.0199. The van der Waals surface area contributed by atoms with E-state index < -0.39 is 15.9 Å². The van der Waals surface area contributed by atoms with E-state index in [0.717, 1.165) is 4.31 Å². The fourth-order valence-electron chi connectivity index (χ4n) is 2.99. The van der Waals surface area contributed by atoms with Gasteiger partial charge in [0.15, 0.2) is 0 Å². The van der Waals surface area contributed by atoms with Crippen molar-refractivity contribution in [3.05, 3.63) is 84.9 Å². The molecule has 0 aliphatic heterocycles. The van der Waals surface area contributed by atoms with E-state index in [1.807, 2.05) is 37.3 Å². The lowest BCUT2D eigenvalue weighted by Gasteiger charge is -2.23. The second-order valence-corrected chi connectivity index (χ2v) is 8.45. The largest absolute Gasteiger partial charge is 0.494 e. The molecule has 31 heavy (non-hydrogen) atoms. The highest BCUT2D eigenvalue weighted by Gasteiger charge is 2.30. The third kappa shape index (κ3) is 5.86. The number of benzene rings is 3. The number of rotatable bonds is 10. The van der Waals surface area contributed by atoms with Gasteiger partial charge in [-0.2, -0.15) is 0 Å². The fraction of sp³-hybridized carbons (Fsp3) is 0.208. The number of hydrogen-bond acceptors (Lipinski definition) is 5. The number of amides is 1. The van der Waals surface area contributed by atoms with Gasteiger partial charge in [-0.15, -0.1) is 0 Å². The Bertz CT molecular complexity index is 1070. The van der Waals surface area contributed by atoms with Crippen LogP contribution in [-0.4, -0.2) is 27.5 Å². The first-order valence-electron chi connectivity index (χ1n) is 10.1. The monoisotopic (exact) mass is 439 g/mol. The molecule has 0 bridgehead atoms. The van der Waals surface area contributed by atoms with Crippen LogP contribution < -0.4 is 13.8 Å². The molecule has 0 heterocycles. The van der Waals surface area contributed by atoms with Crippen LogP contribution in [0.25, 0.3) is 0 Å². The van der Waals surface area contributed by atoms with Gasteiger partial charge in [0, 0.05) is 6.42 Å². The van der Waals surface area contributed by atoms with Gasteiger partial charge in [0.25, 0.3) is 10.0 Å². The molecule has 0 spiro atoms. The van der Waals surface area contributed by atoms with Crippen molar-refractivity contribution in [3.8, 4) is 11.5 Å². The van der Waals surface area contributed by atoms with E-state index in [4.69, 9.17) is 9.47 Å². The predicted molar refractivity (Wildman–Crippen MR) is 120 cm³/mol. The summed E-state index contributed by atoms with van der Waals surface area (Å²) in [5, 5.41) is 0. The molecule has 0 N–H and O–H groups in total. The molecular formula is C24H25NO5S. The Morgan fingerprint density at radius 2 is 1.39 bits per heavy atom. The smallest absolute Gasteiger partial charge is 0.270 e. The molecule has 3 rings (SSSR count). The molecule has 0 fully saturated rings. The summed E-state index contributed by atoms with van der Waals surface area (Å²) in [7, 11) is -4.07. The Balaban J connectivity index is 1.78. The van der Waals surface area contributed by atoms with Gasteiger partial charge in [-0.1, -0.05) is 36.4 Å². The summed E-state index contributed by atoms with van der Waals surface area (Å²) in [4.78, 5) is 13.1. The van der Waals surface area contributed by atoms with Crippen molar-refractivity contribution in [1.82, 2.24) is 0 Å². The molecule has 0 unspecified atom stereocenters. The first-order chi connectivity index (χ1) is 15.0. The Morgan fingerprint density at radius 1 is 0.806 bits per heavy atom. The second-order valence-electron chi connectivity index (χ2n) is 6.67. The van der Waals surface area contributed by atoms with Crippen LogP contribution in [0.5, 0.6) is 11.5 Å². The summed E-state index contributed by atoms with van der Waals surface area (Å²) in [6.07, 6.45) is 0.400. The summed E-state index contributed by atoms with van der Waals surface area (Å²) < 4.78 is 38.5. The van der Waals surface area contributed by atoms with Crippen LogP contribution in [0.4, 0.5) is 5.69 Å². The van der Waals surface area contributed by atoms with Gasteiger partial charge in [-0.3, -0.25) is 4.79 Å². The topological polar surface area (TPSA) is 72.9 Å². The molecule has 3 aromatic rings. The summed E-state index contributed by atoms with van der Waals surface area (Å²) >= 11 is 0. The van der Waals surface area contributed by atoms with E-state index in [1.54, 1.807) is 42.5 Å². The number of para-hydroxylation sites is 1. The SMILES string of the molecule is CCOc1ccc(N(C(=O)CCCOc2ccccc2)S(=O)(=O)c2ccccc2)cc1. The Hall–Kier alpha value is -3.32. The number of carbonyl (C=O) groups is 1. The summed E-state index contributed by atoms with van der Waals surface area (Å²) in [6, 6.07) is 23.6. The average Bonchev–Trinajstić information content (AvgIpc) is 2.79. The van der Waals surface area contributed by atoms with Crippen LogP contribution in [0.1, 0.15) is 19.8 Å². The quantitative estimate of drug-likeness (QED) is 0.430. The lowest BCUT2D eigenvalue weighted by atomic mass is 10.2. The van der Waals surface area contributed by atoms with E-state index >= 15 is 0 Å². The Labute approximate surface area is 183 Å². The second kappa shape index (κ2) is 10.6. The zero-order chi connectivity index (χ0) is 22.1. The third-order valence-corrected chi connectivity index (χ3v) is 6.20. The maximum Gasteiger partial charge on any atom is 0.270 e. The summed E-state index contributed by atoms with van der Waals surface area (Å²) in [6.45, 7) is 2.66. The van der Waals surface area contributed by atoms with Crippen LogP contribution >= 0.6 is 0 Å². The highest BCUT2D eigenvalue weighted by Crippen LogP contribution is 2.27. The van der Waals surface area contributed by atoms with E-state index in [-0.39, 0.29) is 17.0 Å². The number of carbonyl (C=O) groups excluding carboxylic acids is 1. The molecule has 6 nitrogen and oxygen atoms in total. The number of anilines is 1. The van der Waals surface area contributed by atoms with Crippen molar-refractivity contribution in [2.24, 2.45) is 0 Å². The van der Waals surface area contributed by atoms with Gasteiger partial charge in [-0.25, -0.2) is 12.7 Å². The van der Waals surface area contributed by atoms with Gasteiger partial charge in [0.05, 0.1) is 23.8 Å². The summed E-state index contributed by atoms with van der Waals surface area (Å²) in [5.74, 6) is 0.784. The van der Waals surface area contributed by atoms with Crippen molar-refractivity contribution in [2.45, 2.75) is 24.7 Å². The van der Waals surface area contributed by atoms with Gasteiger partial charge in [-0.05, 0) is 61.9 Å². The highest BCUT2D eigenvalue weighted by molar-refractivity contribution is 7.93. The number of nitrogens with zero attached hydrogens (tertiary/aromatic N) is 1. The molecule has 0 aliphatic rings. The van der Waals surface area contributed by atoms with Crippen molar-refractivity contribution in [3.63, 3.8) is 0 Å². The van der Waals surface area contributed by atoms with Crippen LogP contribution in [0.15, 0.2) is 89.8 Å². The average molecular weight is 440 g/mol. The lowest BCUT2D eigenvalue weighted by molar-refractivity contribution is -0.117. The van der Waals surface area contributed by atoms with Crippen LogP contribution in [0.3, 0.4) is 0 Å². The van der Waals surface area contributed by atoms with Crippen LogP contribution in [-0.2, 0) is 14.8 Å². The predicted octanol–water partition coefficient (Wildman–Crippen LogP) is 4.67. The molecule has 0 atom stereocenters. The Kier molecular flexibility index (Phi) is 7.67. The van der Waals surface area contributed by atoms with Crippen molar-refractivity contribution < 1.29 is 22.7 Å². The van der Waals surface area contributed by atoms with Gasteiger partial charge in [0.1, 0.15) is 11.5 Å². The molecule has 162 valence electrons. The van der Waals surface area contributed by atoms with E-state index in [0.29, 0.717) is 31.1 Å². The lowest BCUT2D eigenvalue weighted by Crippen LogP contribution is -2.37. The maximum absolute atomic E-state index is 13.3.